The molecule has 2 aromatic carbocycles. The van der Waals surface area contributed by atoms with Gasteiger partial charge in [0.15, 0.2) is 0 Å². The Bertz CT molecular complexity index is 710. The van der Waals surface area contributed by atoms with Crippen molar-refractivity contribution in [2.75, 3.05) is 23.9 Å². The second-order valence-corrected chi connectivity index (χ2v) is 5.09. The number of nitrogens with one attached hydrogen (secondary N) is 1. The van der Waals surface area contributed by atoms with Crippen molar-refractivity contribution >= 4 is 23.2 Å². The van der Waals surface area contributed by atoms with Crippen LogP contribution in [-0.4, -0.2) is 25.5 Å². The first-order valence-corrected chi connectivity index (χ1v) is 6.97. The van der Waals surface area contributed by atoms with E-state index in [2.05, 4.69) is 5.32 Å². The maximum Gasteiger partial charge on any atom is 0.258 e. The third kappa shape index (κ3) is 2.71. The summed E-state index contributed by atoms with van der Waals surface area (Å²) < 4.78 is 5.06. The molecule has 1 N–H and O–H groups in total. The molecule has 2 amide bonds. The largest absolute Gasteiger partial charge is 0.380 e. The Morgan fingerprint density at radius 1 is 1.18 bits per heavy atom. The normalized spacial score (nSPS) is 13.5. The molecule has 1 aliphatic heterocycles. The van der Waals surface area contributed by atoms with Gasteiger partial charge in [-0.3, -0.25) is 14.5 Å². The minimum absolute atomic E-state index is 0.0235. The zero-order valence-electron chi connectivity index (χ0n) is 12.2. The van der Waals surface area contributed by atoms with Gasteiger partial charge in [0, 0.05) is 12.7 Å². The van der Waals surface area contributed by atoms with Crippen LogP contribution < -0.4 is 10.2 Å². The molecule has 3 rings (SSSR count). The second-order valence-electron chi connectivity index (χ2n) is 5.09. The van der Waals surface area contributed by atoms with E-state index < -0.39 is 0 Å². The highest BCUT2D eigenvalue weighted by Gasteiger charge is 2.27. The van der Waals surface area contributed by atoms with Gasteiger partial charge in [-0.25, -0.2) is 0 Å². The molecule has 1 heterocycles. The van der Waals surface area contributed by atoms with Gasteiger partial charge in [-0.05, 0) is 29.8 Å². The van der Waals surface area contributed by atoms with Crippen LogP contribution >= 0.6 is 0 Å². The molecule has 0 aliphatic carbocycles. The molecule has 0 radical (unpaired) electrons. The minimum atomic E-state index is -0.192. The molecule has 112 valence electrons. The summed E-state index contributed by atoms with van der Waals surface area (Å²) >= 11 is 0. The number of ether oxygens (including phenoxy) is 1. The predicted molar refractivity (Wildman–Crippen MR) is 83.9 cm³/mol. The number of nitrogens with zero attached hydrogens (tertiary/aromatic N) is 1. The number of carbonyl (C=O) groups excluding carboxylic acids is 2. The molecule has 0 bridgehead atoms. The molecule has 0 saturated heterocycles. The summed E-state index contributed by atoms with van der Waals surface area (Å²) in [5.41, 5.74) is 2.91. The fraction of sp³-hybridized carbons (Fsp3) is 0.176. The van der Waals surface area contributed by atoms with Gasteiger partial charge < -0.3 is 10.1 Å². The van der Waals surface area contributed by atoms with Gasteiger partial charge in [0.1, 0.15) is 6.54 Å². The van der Waals surface area contributed by atoms with Crippen LogP contribution in [0.15, 0.2) is 48.5 Å². The van der Waals surface area contributed by atoms with Crippen LogP contribution in [0.2, 0.25) is 0 Å². The lowest BCUT2D eigenvalue weighted by Crippen LogP contribution is -2.42. The highest BCUT2D eigenvalue weighted by molar-refractivity contribution is 6.15. The molecule has 5 heteroatoms. The summed E-state index contributed by atoms with van der Waals surface area (Å²) in [6.45, 7) is 0.527. The quantitative estimate of drug-likeness (QED) is 0.946. The van der Waals surface area contributed by atoms with Crippen LogP contribution in [0.1, 0.15) is 15.9 Å². The Morgan fingerprint density at radius 2 is 1.91 bits per heavy atom. The minimum Gasteiger partial charge on any atom is -0.380 e. The first-order valence-electron chi connectivity index (χ1n) is 6.97. The number of fused-ring (bicyclic) bond motifs is 1. The standard InChI is InChI=1S/C17H16N2O3/c1-22-11-12-6-8-13(9-7-12)17(21)19-10-16(20)18-14-4-2-3-5-15(14)19/h2-9H,10-11H2,1H3,(H,18,20). The molecular formula is C17H16N2O3. The predicted octanol–water partition coefficient (Wildman–Crippen LogP) is 2.43. The Morgan fingerprint density at radius 3 is 2.64 bits per heavy atom. The SMILES string of the molecule is COCc1ccc(C(=O)N2CC(=O)Nc3ccccc32)cc1. The highest BCUT2D eigenvalue weighted by atomic mass is 16.5. The van der Waals surface area contributed by atoms with E-state index in [0.29, 0.717) is 23.5 Å². The van der Waals surface area contributed by atoms with Crippen LogP contribution in [-0.2, 0) is 16.1 Å². The summed E-state index contributed by atoms with van der Waals surface area (Å²) in [6.07, 6.45) is 0. The van der Waals surface area contributed by atoms with Crippen molar-refractivity contribution in [1.82, 2.24) is 0 Å². The van der Waals surface area contributed by atoms with Gasteiger partial charge in [-0.1, -0.05) is 24.3 Å². The van der Waals surface area contributed by atoms with Crippen LogP contribution in [0.4, 0.5) is 11.4 Å². The molecule has 0 fully saturated rings. The number of carbonyl (C=O) groups is 2. The number of methoxy groups -OCH3 is 1. The molecule has 1 aliphatic rings. The lowest BCUT2D eigenvalue weighted by atomic mass is 10.1. The number of hydrogen-bond donors (Lipinski definition) is 1. The second kappa shape index (κ2) is 5.99. The first kappa shape index (κ1) is 14.3. The van der Waals surface area contributed by atoms with Crippen molar-refractivity contribution in [3.05, 3.63) is 59.7 Å². The zero-order chi connectivity index (χ0) is 15.5. The molecule has 0 aromatic heterocycles. The lowest BCUT2D eigenvalue weighted by Gasteiger charge is -2.29. The van der Waals surface area contributed by atoms with E-state index in [-0.39, 0.29) is 18.4 Å². The first-order chi connectivity index (χ1) is 10.7. The monoisotopic (exact) mass is 296 g/mol. The van der Waals surface area contributed by atoms with E-state index in [9.17, 15) is 9.59 Å². The average molecular weight is 296 g/mol. The van der Waals surface area contributed by atoms with Gasteiger partial charge in [0.2, 0.25) is 5.91 Å². The lowest BCUT2D eigenvalue weighted by molar-refractivity contribution is -0.115. The summed E-state index contributed by atoms with van der Waals surface area (Å²) in [5.74, 6) is -0.380. The van der Waals surface area contributed by atoms with Crippen molar-refractivity contribution in [3.8, 4) is 0 Å². The summed E-state index contributed by atoms with van der Waals surface area (Å²) in [7, 11) is 1.63. The van der Waals surface area contributed by atoms with Crippen molar-refractivity contribution in [1.29, 1.82) is 0 Å². The maximum absolute atomic E-state index is 12.7. The average Bonchev–Trinajstić information content (AvgIpc) is 2.54. The van der Waals surface area contributed by atoms with E-state index in [1.807, 2.05) is 30.3 Å². The molecule has 5 nitrogen and oxygen atoms in total. The van der Waals surface area contributed by atoms with Gasteiger partial charge in [-0.2, -0.15) is 0 Å². The molecule has 0 spiro atoms. The van der Waals surface area contributed by atoms with Crippen LogP contribution in [0.25, 0.3) is 0 Å². The molecule has 2 aromatic rings. The third-order valence-electron chi connectivity index (χ3n) is 3.53. The van der Waals surface area contributed by atoms with Gasteiger partial charge in [0.25, 0.3) is 5.91 Å². The van der Waals surface area contributed by atoms with Crippen molar-refractivity contribution < 1.29 is 14.3 Å². The fourth-order valence-corrected chi connectivity index (χ4v) is 2.48. The van der Waals surface area contributed by atoms with E-state index in [1.165, 1.54) is 4.90 Å². The molecule has 0 unspecified atom stereocenters. The van der Waals surface area contributed by atoms with E-state index in [1.54, 1.807) is 25.3 Å². The van der Waals surface area contributed by atoms with Crippen LogP contribution in [0.3, 0.4) is 0 Å². The molecular weight excluding hydrogens is 280 g/mol. The van der Waals surface area contributed by atoms with E-state index in [0.717, 1.165) is 5.56 Å². The van der Waals surface area contributed by atoms with E-state index >= 15 is 0 Å². The summed E-state index contributed by atoms with van der Waals surface area (Å²) in [4.78, 5) is 26.0. The van der Waals surface area contributed by atoms with Gasteiger partial charge >= 0.3 is 0 Å². The summed E-state index contributed by atoms with van der Waals surface area (Å²) in [6, 6.07) is 14.5. The fourth-order valence-electron chi connectivity index (χ4n) is 2.48. The molecule has 0 atom stereocenters. The number of hydrogen-bond acceptors (Lipinski definition) is 3. The van der Waals surface area contributed by atoms with Crippen molar-refractivity contribution in [3.63, 3.8) is 0 Å². The van der Waals surface area contributed by atoms with Crippen molar-refractivity contribution in [2.24, 2.45) is 0 Å². The number of amides is 2. The van der Waals surface area contributed by atoms with Crippen molar-refractivity contribution in [2.45, 2.75) is 6.61 Å². The highest BCUT2D eigenvalue weighted by Crippen LogP contribution is 2.30. The number of rotatable bonds is 3. The summed E-state index contributed by atoms with van der Waals surface area (Å²) in [5, 5.41) is 2.77. The van der Waals surface area contributed by atoms with Crippen LogP contribution in [0, 0.1) is 0 Å². The smallest absolute Gasteiger partial charge is 0.258 e. The number of anilines is 2. The van der Waals surface area contributed by atoms with E-state index in [4.69, 9.17) is 4.74 Å². The Balaban J connectivity index is 1.90. The van der Waals surface area contributed by atoms with Gasteiger partial charge in [-0.15, -0.1) is 0 Å². The Kier molecular flexibility index (Phi) is 3.89. The van der Waals surface area contributed by atoms with Crippen LogP contribution in [0.5, 0.6) is 0 Å². The van der Waals surface area contributed by atoms with Gasteiger partial charge in [0.05, 0.1) is 18.0 Å². The number of benzene rings is 2. The third-order valence-corrected chi connectivity index (χ3v) is 3.53. The zero-order valence-corrected chi connectivity index (χ0v) is 12.2. The molecule has 22 heavy (non-hydrogen) atoms. The molecule has 0 saturated carbocycles. The Hall–Kier alpha value is -2.66. The maximum atomic E-state index is 12.7. The topological polar surface area (TPSA) is 58.6 Å². The Labute approximate surface area is 128 Å². The number of para-hydroxylation sites is 2.